The van der Waals surface area contributed by atoms with Gasteiger partial charge in [-0.05, 0) is 43.7 Å². The smallest absolute Gasteiger partial charge is 0.194 e. The minimum atomic E-state index is 0.237. The first-order valence-corrected chi connectivity index (χ1v) is 11.8. The van der Waals surface area contributed by atoms with Crippen LogP contribution in [0, 0.1) is 0 Å². The van der Waals surface area contributed by atoms with Gasteiger partial charge in [0.2, 0.25) is 0 Å². The largest absolute Gasteiger partial charge is 0.490 e. The van der Waals surface area contributed by atoms with Crippen LogP contribution in [0.5, 0.6) is 5.75 Å². The quantitative estimate of drug-likeness (QED) is 0.553. The summed E-state index contributed by atoms with van der Waals surface area (Å²) in [6.07, 6.45) is 4.37. The molecule has 2 saturated heterocycles. The molecule has 2 aliphatic rings. The zero-order valence-corrected chi connectivity index (χ0v) is 19.2. The van der Waals surface area contributed by atoms with Crippen molar-refractivity contribution in [2.24, 2.45) is 4.99 Å². The number of ether oxygens (including phenoxy) is 2. The number of piperidine rings is 1. The number of hydrogen-bond donors (Lipinski definition) is 1. The molecule has 2 fully saturated rings. The van der Waals surface area contributed by atoms with Gasteiger partial charge in [-0.3, -0.25) is 0 Å². The number of likely N-dealkylation sites (tertiary alicyclic amines) is 1. The number of guanidine groups is 1. The number of aromatic nitrogens is 1. The van der Waals surface area contributed by atoms with Crippen molar-refractivity contribution in [3.05, 3.63) is 54.2 Å². The molecule has 1 aromatic heterocycles. The normalized spacial score (nSPS) is 20.3. The molecule has 2 aromatic rings. The van der Waals surface area contributed by atoms with Gasteiger partial charge in [0.25, 0.3) is 0 Å². The summed E-state index contributed by atoms with van der Waals surface area (Å²) < 4.78 is 11.8. The van der Waals surface area contributed by atoms with Crippen molar-refractivity contribution in [1.82, 2.24) is 15.2 Å². The molecule has 0 amide bonds. The molecule has 1 aromatic carbocycles. The molecule has 172 valence electrons. The molecule has 1 atom stereocenters. The molecular formula is C25H35N5O2. The highest BCUT2D eigenvalue weighted by Crippen LogP contribution is 2.20. The van der Waals surface area contributed by atoms with E-state index >= 15 is 0 Å². The van der Waals surface area contributed by atoms with Gasteiger partial charge in [-0.1, -0.05) is 18.2 Å². The van der Waals surface area contributed by atoms with Crippen molar-refractivity contribution in [3.8, 4) is 5.75 Å². The summed E-state index contributed by atoms with van der Waals surface area (Å²) >= 11 is 0. The molecule has 1 unspecified atom stereocenters. The van der Waals surface area contributed by atoms with Crippen LogP contribution in [0.3, 0.4) is 0 Å². The number of pyridine rings is 1. The topological polar surface area (TPSA) is 62.2 Å². The third kappa shape index (κ3) is 6.13. The van der Waals surface area contributed by atoms with E-state index in [1.807, 2.05) is 36.5 Å². The second-order valence-electron chi connectivity index (χ2n) is 8.44. The van der Waals surface area contributed by atoms with Crippen LogP contribution in [0.1, 0.15) is 32.3 Å². The average molecular weight is 438 g/mol. The number of nitrogens with one attached hydrogen (secondary N) is 1. The number of anilines is 1. The van der Waals surface area contributed by atoms with E-state index in [-0.39, 0.29) is 12.2 Å². The lowest BCUT2D eigenvalue weighted by molar-refractivity contribution is 0.0529. The van der Waals surface area contributed by atoms with Gasteiger partial charge in [-0.2, -0.15) is 0 Å². The Kier molecular flexibility index (Phi) is 7.82. The minimum Gasteiger partial charge on any atom is -0.490 e. The number of para-hydroxylation sites is 1. The summed E-state index contributed by atoms with van der Waals surface area (Å²) in [5, 5.41) is 3.46. The van der Waals surface area contributed by atoms with Crippen molar-refractivity contribution in [3.63, 3.8) is 0 Å². The Morgan fingerprint density at radius 2 is 2.00 bits per heavy atom. The fourth-order valence-corrected chi connectivity index (χ4v) is 4.23. The van der Waals surface area contributed by atoms with Crippen LogP contribution in [0.15, 0.2) is 53.7 Å². The molecule has 1 N–H and O–H groups in total. The van der Waals surface area contributed by atoms with Crippen molar-refractivity contribution in [1.29, 1.82) is 0 Å². The van der Waals surface area contributed by atoms with E-state index in [4.69, 9.17) is 14.5 Å². The molecule has 3 heterocycles. The van der Waals surface area contributed by atoms with Crippen LogP contribution in [0.25, 0.3) is 0 Å². The Balaban J connectivity index is 1.35. The van der Waals surface area contributed by atoms with Crippen LogP contribution in [-0.4, -0.2) is 67.4 Å². The molecular weight excluding hydrogens is 402 g/mol. The van der Waals surface area contributed by atoms with E-state index in [2.05, 4.69) is 46.1 Å². The zero-order chi connectivity index (χ0) is 22.2. The number of aliphatic imine (C=N–C) groups is 1. The summed E-state index contributed by atoms with van der Waals surface area (Å²) in [6, 6.07) is 14.3. The molecule has 0 aliphatic carbocycles. The van der Waals surface area contributed by atoms with E-state index in [0.29, 0.717) is 6.54 Å². The lowest BCUT2D eigenvalue weighted by atomic mass is 10.1. The van der Waals surface area contributed by atoms with Crippen molar-refractivity contribution < 1.29 is 9.47 Å². The zero-order valence-electron chi connectivity index (χ0n) is 19.2. The van der Waals surface area contributed by atoms with E-state index in [0.717, 1.165) is 69.7 Å². The molecule has 32 heavy (non-hydrogen) atoms. The number of benzene rings is 1. The SMILES string of the molecule is CCNC(=NCc1ccnc(N2CCOC(C)C2)c1)N1CCC(Oc2ccccc2)CC1. The number of morpholine rings is 1. The van der Waals surface area contributed by atoms with Crippen molar-refractivity contribution >= 4 is 11.8 Å². The van der Waals surface area contributed by atoms with Gasteiger partial charge in [0.1, 0.15) is 17.7 Å². The summed E-state index contributed by atoms with van der Waals surface area (Å²) in [4.78, 5) is 14.2. The summed E-state index contributed by atoms with van der Waals surface area (Å²) in [5.41, 5.74) is 1.17. The molecule has 2 aliphatic heterocycles. The third-order valence-corrected chi connectivity index (χ3v) is 5.91. The predicted molar refractivity (Wildman–Crippen MR) is 128 cm³/mol. The monoisotopic (exact) mass is 437 g/mol. The molecule has 0 saturated carbocycles. The second-order valence-corrected chi connectivity index (χ2v) is 8.44. The standard InChI is InChI=1S/C25H35N5O2/c1-3-26-25(29-13-10-23(11-14-29)32-22-7-5-4-6-8-22)28-18-21-9-12-27-24(17-21)30-15-16-31-20(2)19-30/h4-9,12,17,20,23H,3,10-11,13-16,18-19H2,1-2H3,(H,26,28). The molecule has 0 bridgehead atoms. The number of hydrogen-bond acceptors (Lipinski definition) is 5. The Bertz CT molecular complexity index is 868. The Labute approximate surface area is 191 Å². The predicted octanol–water partition coefficient (Wildman–Crippen LogP) is 3.32. The maximum atomic E-state index is 6.14. The minimum absolute atomic E-state index is 0.237. The Morgan fingerprint density at radius 1 is 1.19 bits per heavy atom. The highest BCUT2D eigenvalue weighted by atomic mass is 16.5. The lowest BCUT2D eigenvalue weighted by Crippen LogP contribution is -2.47. The first kappa shape index (κ1) is 22.4. The van der Waals surface area contributed by atoms with Gasteiger partial charge in [0, 0.05) is 51.8 Å². The van der Waals surface area contributed by atoms with Crippen LogP contribution in [0.4, 0.5) is 5.82 Å². The van der Waals surface area contributed by atoms with Crippen LogP contribution in [0.2, 0.25) is 0 Å². The van der Waals surface area contributed by atoms with Gasteiger partial charge in [0.15, 0.2) is 5.96 Å². The average Bonchev–Trinajstić information content (AvgIpc) is 2.83. The van der Waals surface area contributed by atoms with Crippen LogP contribution in [-0.2, 0) is 11.3 Å². The van der Waals surface area contributed by atoms with E-state index in [1.54, 1.807) is 0 Å². The van der Waals surface area contributed by atoms with E-state index in [1.165, 1.54) is 5.56 Å². The number of rotatable bonds is 6. The van der Waals surface area contributed by atoms with Gasteiger partial charge in [-0.15, -0.1) is 0 Å². The van der Waals surface area contributed by atoms with Crippen LogP contribution < -0.4 is 15.0 Å². The molecule has 7 heteroatoms. The van der Waals surface area contributed by atoms with Crippen molar-refractivity contribution in [2.75, 3.05) is 44.2 Å². The molecule has 7 nitrogen and oxygen atoms in total. The molecule has 4 rings (SSSR count). The van der Waals surface area contributed by atoms with Gasteiger partial charge in [0.05, 0.1) is 19.3 Å². The van der Waals surface area contributed by atoms with Gasteiger partial charge >= 0.3 is 0 Å². The van der Waals surface area contributed by atoms with Crippen molar-refractivity contribution in [2.45, 2.75) is 45.4 Å². The van der Waals surface area contributed by atoms with E-state index in [9.17, 15) is 0 Å². The third-order valence-electron chi connectivity index (χ3n) is 5.91. The fraction of sp³-hybridized carbons (Fsp3) is 0.520. The number of nitrogens with zero attached hydrogens (tertiary/aromatic N) is 4. The summed E-state index contributed by atoms with van der Waals surface area (Å²) in [5.74, 6) is 2.94. The highest BCUT2D eigenvalue weighted by Gasteiger charge is 2.23. The van der Waals surface area contributed by atoms with E-state index < -0.39 is 0 Å². The summed E-state index contributed by atoms with van der Waals surface area (Å²) in [6.45, 7) is 10.1. The van der Waals surface area contributed by atoms with Crippen LogP contribution >= 0.6 is 0 Å². The maximum absolute atomic E-state index is 6.14. The van der Waals surface area contributed by atoms with Gasteiger partial charge in [-0.25, -0.2) is 9.98 Å². The lowest BCUT2D eigenvalue weighted by Gasteiger charge is -2.34. The first-order valence-electron chi connectivity index (χ1n) is 11.8. The first-order chi connectivity index (χ1) is 15.7. The molecule has 0 radical (unpaired) electrons. The highest BCUT2D eigenvalue weighted by molar-refractivity contribution is 5.80. The summed E-state index contributed by atoms with van der Waals surface area (Å²) in [7, 11) is 0. The Morgan fingerprint density at radius 3 is 2.75 bits per heavy atom. The molecule has 0 spiro atoms. The second kappa shape index (κ2) is 11.2. The Hall–Kier alpha value is -2.80. The maximum Gasteiger partial charge on any atom is 0.194 e. The van der Waals surface area contributed by atoms with Gasteiger partial charge < -0.3 is 24.6 Å². The fourth-order valence-electron chi connectivity index (χ4n) is 4.23.